The van der Waals surface area contributed by atoms with Crippen molar-refractivity contribution in [2.45, 2.75) is 18.2 Å². The van der Waals surface area contributed by atoms with Crippen molar-refractivity contribution in [3.8, 4) is 11.5 Å². The van der Waals surface area contributed by atoms with Crippen molar-refractivity contribution in [2.75, 3.05) is 33.2 Å². The van der Waals surface area contributed by atoms with Crippen LogP contribution in [0.25, 0.3) is 0 Å². The third-order valence-corrected chi connectivity index (χ3v) is 6.66. The van der Waals surface area contributed by atoms with Crippen LogP contribution in [0.2, 0.25) is 0 Å². The Morgan fingerprint density at radius 1 is 1.11 bits per heavy atom. The molecule has 0 amide bonds. The van der Waals surface area contributed by atoms with E-state index in [2.05, 4.69) is 0 Å². The van der Waals surface area contributed by atoms with Gasteiger partial charge in [0.25, 0.3) is 0 Å². The van der Waals surface area contributed by atoms with Gasteiger partial charge in [-0.2, -0.15) is 4.31 Å². The number of hydrogen-bond donors (Lipinski definition) is 0. The van der Waals surface area contributed by atoms with Gasteiger partial charge in [-0.05, 0) is 43.3 Å². The topological polar surface area (TPSA) is 93.0 Å². The van der Waals surface area contributed by atoms with Crippen molar-refractivity contribution in [3.63, 3.8) is 0 Å². The van der Waals surface area contributed by atoms with Gasteiger partial charge in [0, 0.05) is 32.2 Å². The van der Waals surface area contributed by atoms with Crippen molar-refractivity contribution < 1.29 is 18.1 Å². The lowest BCUT2D eigenvalue weighted by atomic mass is 10.2. The van der Waals surface area contributed by atoms with E-state index in [9.17, 15) is 18.5 Å². The van der Waals surface area contributed by atoms with Gasteiger partial charge < -0.3 is 9.64 Å². The highest BCUT2D eigenvalue weighted by Gasteiger charge is 2.30. The molecule has 0 atom stereocenters. The molecule has 0 aromatic heterocycles. The van der Waals surface area contributed by atoms with E-state index in [1.165, 1.54) is 16.4 Å². The van der Waals surface area contributed by atoms with Crippen LogP contribution in [0.4, 0.5) is 5.69 Å². The Hall–Kier alpha value is -2.49. The minimum Gasteiger partial charge on any atom is -0.450 e. The van der Waals surface area contributed by atoms with Crippen LogP contribution in [0.1, 0.15) is 12.5 Å². The summed E-state index contributed by atoms with van der Waals surface area (Å²) >= 11 is 0. The van der Waals surface area contributed by atoms with Crippen LogP contribution >= 0.6 is 0 Å². The van der Waals surface area contributed by atoms with Gasteiger partial charge in [0.1, 0.15) is 5.75 Å². The third kappa shape index (κ3) is 4.32. The summed E-state index contributed by atoms with van der Waals surface area (Å²) < 4.78 is 32.8. The fourth-order valence-electron chi connectivity index (χ4n) is 3.02. The first kappa shape index (κ1) is 20.2. The molecule has 1 fully saturated rings. The summed E-state index contributed by atoms with van der Waals surface area (Å²) in [6, 6.07) is 11.0. The van der Waals surface area contributed by atoms with Gasteiger partial charge in [-0.15, -0.1) is 0 Å². The summed E-state index contributed by atoms with van der Waals surface area (Å²) in [6.07, 6.45) is 0.807. The molecule has 1 aliphatic heterocycles. The lowest BCUT2D eigenvalue weighted by molar-refractivity contribution is -0.385. The minimum atomic E-state index is -3.80. The summed E-state index contributed by atoms with van der Waals surface area (Å²) in [5.41, 5.74) is 0.659. The molecule has 0 aliphatic carbocycles. The number of piperazine rings is 1. The summed E-state index contributed by atoms with van der Waals surface area (Å²) in [6.45, 7) is 3.95. The van der Waals surface area contributed by atoms with Gasteiger partial charge in [0.2, 0.25) is 15.8 Å². The van der Waals surface area contributed by atoms with Crippen LogP contribution in [-0.2, 0) is 16.4 Å². The zero-order valence-corrected chi connectivity index (χ0v) is 16.7. The Balaban J connectivity index is 1.91. The fourth-order valence-corrected chi connectivity index (χ4v) is 4.46. The molecule has 1 aliphatic rings. The molecule has 2 aromatic carbocycles. The van der Waals surface area contributed by atoms with Crippen molar-refractivity contribution in [3.05, 3.63) is 58.1 Å². The lowest BCUT2D eigenvalue weighted by Crippen LogP contribution is -2.47. The first-order chi connectivity index (χ1) is 13.3. The molecule has 0 radical (unpaired) electrons. The largest absolute Gasteiger partial charge is 0.450 e. The Bertz CT molecular complexity index is 969. The number of likely N-dealkylation sites (N-methyl/N-ethyl adjacent to an activating group) is 1. The molecule has 1 saturated heterocycles. The van der Waals surface area contributed by atoms with E-state index < -0.39 is 14.9 Å². The smallest absolute Gasteiger partial charge is 0.312 e. The number of nitrogens with zero attached hydrogens (tertiary/aromatic N) is 3. The van der Waals surface area contributed by atoms with E-state index >= 15 is 0 Å². The summed E-state index contributed by atoms with van der Waals surface area (Å²) in [5.74, 6) is 0.479. The summed E-state index contributed by atoms with van der Waals surface area (Å²) in [5, 5.41) is 11.5. The molecule has 0 N–H and O–H groups in total. The van der Waals surface area contributed by atoms with Crippen molar-refractivity contribution in [2.24, 2.45) is 0 Å². The number of ether oxygens (including phenoxy) is 1. The van der Waals surface area contributed by atoms with Gasteiger partial charge in [-0.1, -0.05) is 19.1 Å². The van der Waals surface area contributed by atoms with Crippen molar-refractivity contribution in [1.29, 1.82) is 0 Å². The number of rotatable bonds is 6. The van der Waals surface area contributed by atoms with Crippen LogP contribution in [0.15, 0.2) is 47.4 Å². The number of nitro benzene ring substituents is 1. The van der Waals surface area contributed by atoms with E-state index in [0.29, 0.717) is 31.9 Å². The minimum absolute atomic E-state index is 0.00980. The van der Waals surface area contributed by atoms with E-state index in [1.54, 1.807) is 12.1 Å². The molecule has 28 heavy (non-hydrogen) atoms. The van der Waals surface area contributed by atoms with E-state index in [-0.39, 0.29) is 16.3 Å². The summed E-state index contributed by atoms with van der Waals surface area (Å²) in [7, 11) is -1.87. The van der Waals surface area contributed by atoms with Gasteiger partial charge in [0.15, 0.2) is 0 Å². The molecule has 0 spiro atoms. The number of aryl methyl sites for hydroxylation is 1. The molecule has 150 valence electrons. The van der Waals surface area contributed by atoms with Gasteiger partial charge in [-0.3, -0.25) is 10.1 Å². The van der Waals surface area contributed by atoms with E-state index in [1.807, 2.05) is 31.0 Å². The van der Waals surface area contributed by atoms with Gasteiger partial charge >= 0.3 is 5.69 Å². The molecule has 1 heterocycles. The quantitative estimate of drug-likeness (QED) is 0.542. The molecule has 0 bridgehead atoms. The molecular formula is C19H23N3O5S. The highest BCUT2D eigenvalue weighted by molar-refractivity contribution is 7.89. The maximum absolute atomic E-state index is 12.9. The van der Waals surface area contributed by atoms with Gasteiger partial charge in [0.05, 0.1) is 9.82 Å². The van der Waals surface area contributed by atoms with Crippen LogP contribution in [0.3, 0.4) is 0 Å². The molecule has 8 nitrogen and oxygen atoms in total. The average Bonchev–Trinajstić information content (AvgIpc) is 2.68. The number of benzene rings is 2. The number of hydrogen-bond acceptors (Lipinski definition) is 6. The maximum Gasteiger partial charge on any atom is 0.312 e. The highest BCUT2D eigenvalue weighted by Crippen LogP contribution is 2.34. The van der Waals surface area contributed by atoms with Crippen LogP contribution in [0.5, 0.6) is 11.5 Å². The second-order valence-electron chi connectivity index (χ2n) is 6.70. The predicted molar refractivity (Wildman–Crippen MR) is 105 cm³/mol. The van der Waals surface area contributed by atoms with E-state index in [4.69, 9.17) is 4.74 Å². The molecule has 0 unspecified atom stereocenters. The first-order valence-corrected chi connectivity index (χ1v) is 10.5. The van der Waals surface area contributed by atoms with Crippen LogP contribution in [0, 0.1) is 10.1 Å². The Morgan fingerprint density at radius 3 is 2.46 bits per heavy atom. The fraction of sp³-hybridized carbons (Fsp3) is 0.368. The lowest BCUT2D eigenvalue weighted by Gasteiger charge is -2.31. The molecule has 0 saturated carbocycles. The number of sulfonamides is 1. The van der Waals surface area contributed by atoms with Gasteiger partial charge in [-0.25, -0.2) is 8.42 Å². The standard InChI is InChI=1S/C19H23N3O5S/c1-3-15-5-4-6-16(13-15)27-19-8-7-17(14-18(19)22(23)24)28(25,26)21-11-9-20(2)10-12-21/h4-8,13-14H,3,9-12H2,1-2H3. The highest BCUT2D eigenvalue weighted by atomic mass is 32.2. The molecule has 9 heteroatoms. The maximum atomic E-state index is 12.9. The normalized spacial score (nSPS) is 16.1. The average molecular weight is 405 g/mol. The zero-order valence-electron chi connectivity index (χ0n) is 15.9. The van der Waals surface area contributed by atoms with Crippen LogP contribution in [-0.4, -0.2) is 55.8 Å². The summed E-state index contributed by atoms with van der Waals surface area (Å²) in [4.78, 5) is 12.9. The number of nitro groups is 1. The second-order valence-corrected chi connectivity index (χ2v) is 8.63. The van der Waals surface area contributed by atoms with Crippen molar-refractivity contribution in [1.82, 2.24) is 9.21 Å². The Kier molecular flexibility index (Phi) is 5.97. The zero-order chi connectivity index (χ0) is 20.3. The first-order valence-electron chi connectivity index (χ1n) is 9.05. The molecule has 2 aromatic rings. The second kappa shape index (κ2) is 8.26. The van der Waals surface area contributed by atoms with Crippen molar-refractivity contribution >= 4 is 15.7 Å². The Labute approximate surface area is 164 Å². The molecular weight excluding hydrogens is 382 g/mol. The predicted octanol–water partition coefficient (Wildman–Crippen LogP) is 2.89. The van der Waals surface area contributed by atoms with Crippen LogP contribution < -0.4 is 4.74 Å². The monoisotopic (exact) mass is 405 g/mol. The Morgan fingerprint density at radius 2 is 1.82 bits per heavy atom. The molecule has 3 rings (SSSR count). The SMILES string of the molecule is CCc1cccc(Oc2ccc(S(=O)(=O)N3CCN(C)CC3)cc2[N+](=O)[O-])c1. The van der Waals surface area contributed by atoms with E-state index in [0.717, 1.165) is 18.1 Å². The third-order valence-electron chi connectivity index (χ3n) is 4.76.